The van der Waals surface area contributed by atoms with E-state index in [4.69, 9.17) is 4.74 Å². The lowest BCUT2D eigenvalue weighted by Gasteiger charge is -2.27. The first-order valence-corrected chi connectivity index (χ1v) is 11.1. The van der Waals surface area contributed by atoms with Crippen LogP contribution in [-0.2, 0) is 4.79 Å². The fourth-order valence-electron chi connectivity index (χ4n) is 3.95. The molecule has 0 saturated heterocycles. The number of carbonyl (C=O) groups excluding carboxylic acids is 3. The maximum absolute atomic E-state index is 12.9. The van der Waals surface area contributed by atoms with E-state index in [1.165, 1.54) is 17.0 Å². The lowest BCUT2D eigenvalue weighted by Crippen LogP contribution is -2.41. The van der Waals surface area contributed by atoms with E-state index in [9.17, 15) is 18.8 Å². The molecule has 3 amide bonds. The van der Waals surface area contributed by atoms with Crippen molar-refractivity contribution in [1.29, 1.82) is 0 Å². The minimum Gasteiger partial charge on any atom is -0.494 e. The summed E-state index contributed by atoms with van der Waals surface area (Å²) in [5.41, 5.74) is 1.05. The normalized spacial score (nSPS) is 12.8. The fraction of sp³-hybridized carbons (Fsp3) is 0.269. The molecule has 3 aromatic carbocycles. The van der Waals surface area contributed by atoms with Crippen molar-refractivity contribution in [3.8, 4) is 5.75 Å². The third-order valence-corrected chi connectivity index (χ3v) is 5.62. The second-order valence-corrected chi connectivity index (χ2v) is 7.93. The van der Waals surface area contributed by atoms with Crippen LogP contribution in [0, 0.1) is 5.82 Å². The number of hydrogen-bond donors (Lipinski definition) is 1. The molecule has 0 atom stereocenters. The Kier molecular flexibility index (Phi) is 6.98. The highest BCUT2D eigenvalue weighted by Crippen LogP contribution is 2.30. The summed E-state index contributed by atoms with van der Waals surface area (Å²) in [6, 6.07) is 16.7. The third kappa shape index (κ3) is 5.19. The van der Waals surface area contributed by atoms with Crippen molar-refractivity contribution in [3.05, 3.63) is 77.6 Å². The standard InChI is InChI=1S/C26H25FN2O4/c27-19-11-13-20(14-12-19)33-17-2-1-15-28-23(30)10-5-16-29-25(31)21-8-3-6-18-7-4-9-22(24(18)21)26(29)32/h3-4,6-9,11-14H,1-2,5,10,15-17H2,(H,28,30). The van der Waals surface area contributed by atoms with Crippen molar-refractivity contribution < 1.29 is 23.5 Å². The van der Waals surface area contributed by atoms with Crippen molar-refractivity contribution in [2.24, 2.45) is 0 Å². The molecule has 1 aliphatic heterocycles. The van der Waals surface area contributed by atoms with Gasteiger partial charge in [0.1, 0.15) is 11.6 Å². The molecule has 170 valence electrons. The smallest absolute Gasteiger partial charge is 0.261 e. The van der Waals surface area contributed by atoms with Crippen LogP contribution in [0.2, 0.25) is 0 Å². The van der Waals surface area contributed by atoms with Crippen LogP contribution >= 0.6 is 0 Å². The largest absolute Gasteiger partial charge is 0.494 e. The van der Waals surface area contributed by atoms with E-state index in [2.05, 4.69) is 5.32 Å². The van der Waals surface area contributed by atoms with Crippen molar-refractivity contribution in [1.82, 2.24) is 10.2 Å². The molecular weight excluding hydrogens is 423 g/mol. The number of benzene rings is 3. The molecule has 0 aromatic heterocycles. The van der Waals surface area contributed by atoms with Gasteiger partial charge in [-0.3, -0.25) is 19.3 Å². The van der Waals surface area contributed by atoms with E-state index in [-0.39, 0.29) is 36.5 Å². The van der Waals surface area contributed by atoms with E-state index in [0.717, 1.165) is 18.2 Å². The first kappa shape index (κ1) is 22.5. The van der Waals surface area contributed by atoms with E-state index in [0.29, 0.717) is 41.8 Å². The highest BCUT2D eigenvalue weighted by atomic mass is 19.1. The Hall–Kier alpha value is -3.74. The van der Waals surface area contributed by atoms with Crippen LogP contribution in [0.3, 0.4) is 0 Å². The minimum atomic E-state index is -0.314. The van der Waals surface area contributed by atoms with Crippen molar-refractivity contribution in [2.45, 2.75) is 25.7 Å². The summed E-state index contributed by atoms with van der Waals surface area (Å²) in [6.45, 7) is 1.19. The number of rotatable bonds is 10. The second kappa shape index (κ2) is 10.3. The predicted molar refractivity (Wildman–Crippen MR) is 123 cm³/mol. The van der Waals surface area contributed by atoms with E-state index >= 15 is 0 Å². The third-order valence-electron chi connectivity index (χ3n) is 5.62. The van der Waals surface area contributed by atoms with Gasteiger partial charge in [0.25, 0.3) is 11.8 Å². The molecule has 1 N–H and O–H groups in total. The summed E-state index contributed by atoms with van der Waals surface area (Å²) in [5.74, 6) is -0.437. The SMILES string of the molecule is O=C(CCCN1C(=O)c2cccc3cccc(c23)C1=O)NCCCCOc1ccc(F)cc1. The second-order valence-electron chi connectivity index (χ2n) is 7.93. The molecule has 6 nitrogen and oxygen atoms in total. The molecule has 0 radical (unpaired) electrons. The maximum atomic E-state index is 12.9. The topological polar surface area (TPSA) is 75.7 Å². The summed E-state index contributed by atoms with van der Waals surface area (Å²) in [4.78, 5) is 39.1. The summed E-state index contributed by atoms with van der Waals surface area (Å²) in [6.07, 6.45) is 2.13. The zero-order valence-corrected chi connectivity index (χ0v) is 18.2. The molecule has 0 fully saturated rings. The quantitative estimate of drug-likeness (QED) is 0.370. The van der Waals surface area contributed by atoms with E-state index < -0.39 is 0 Å². The zero-order valence-electron chi connectivity index (χ0n) is 18.2. The van der Waals surface area contributed by atoms with Crippen LogP contribution < -0.4 is 10.1 Å². The Morgan fingerprint density at radius 3 is 2.21 bits per heavy atom. The molecule has 33 heavy (non-hydrogen) atoms. The number of nitrogens with one attached hydrogen (secondary N) is 1. The number of hydrogen-bond acceptors (Lipinski definition) is 4. The van der Waals surface area contributed by atoms with Gasteiger partial charge in [0.05, 0.1) is 6.61 Å². The van der Waals surface area contributed by atoms with Crippen LogP contribution in [0.4, 0.5) is 4.39 Å². The number of imide groups is 1. The van der Waals surface area contributed by atoms with Crippen molar-refractivity contribution >= 4 is 28.5 Å². The lowest BCUT2D eigenvalue weighted by molar-refractivity contribution is -0.121. The first-order chi connectivity index (χ1) is 16.0. The Bertz CT molecular complexity index is 1130. The molecule has 0 spiro atoms. The van der Waals surface area contributed by atoms with Gasteiger partial charge in [-0.1, -0.05) is 24.3 Å². The Balaban J connectivity index is 1.17. The highest BCUT2D eigenvalue weighted by molar-refractivity contribution is 6.25. The first-order valence-electron chi connectivity index (χ1n) is 11.1. The minimum absolute atomic E-state index is 0.117. The van der Waals surface area contributed by atoms with Gasteiger partial charge in [-0.25, -0.2) is 4.39 Å². The van der Waals surface area contributed by atoms with Gasteiger partial charge < -0.3 is 10.1 Å². The molecule has 0 aliphatic carbocycles. The number of carbonyl (C=O) groups is 3. The molecular formula is C26H25FN2O4. The predicted octanol–water partition coefficient (Wildman–Crippen LogP) is 4.33. The average Bonchev–Trinajstić information content (AvgIpc) is 2.83. The zero-order chi connectivity index (χ0) is 23.2. The van der Waals surface area contributed by atoms with Gasteiger partial charge in [-0.2, -0.15) is 0 Å². The Labute approximate surface area is 191 Å². The summed E-state index contributed by atoms with van der Waals surface area (Å²) in [5, 5.41) is 4.42. The molecule has 4 rings (SSSR count). The summed E-state index contributed by atoms with van der Waals surface area (Å²) < 4.78 is 18.4. The van der Waals surface area contributed by atoms with E-state index in [1.807, 2.05) is 24.3 Å². The fourth-order valence-corrected chi connectivity index (χ4v) is 3.95. The Morgan fingerprint density at radius 2 is 1.55 bits per heavy atom. The molecule has 1 aliphatic rings. The van der Waals surface area contributed by atoms with Gasteiger partial charge >= 0.3 is 0 Å². The van der Waals surface area contributed by atoms with Gasteiger partial charge in [0, 0.05) is 36.0 Å². The number of nitrogens with zero attached hydrogens (tertiary/aromatic N) is 1. The molecule has 0 unspecified atom stereocenters. The average molecular weight is 448 g/mol. The van der Waals surface area contributed by atoms with Gasteiger partial charge in [-0.05, 0) is 61.0 Å². The van der Waals surface area contributed by atoms with Gasteiger partial charge in [0.15, 0.2) is 0 Å². The monoisotopic (exact) mass is 448 g/mol. The van der Waals surface area contributed by atoms with Gasteiger partial charge in [-0.15, -0.1) is 0 Å². The molecule has 0 bridgehead atoms. The lowest BCUT2D eigenvalue weighted by atomic mass is 9.94. The van der Waals surface area contributed by atoms with Crippen molar-refractivity contribution in [2.75, 3.05) is 19.7 Å². The number of unbranched alkanes of at least 4 members (excludes halogenated alkanes) is 1. The molecule has 1 heterocycles. The van der Waals surface area contributed by atoms with Crippen LogP contribution in [0.15, 0.2) is 60.7 Å². The summed E-state index contributed by atoms with van der Waals surface area (Å²) >= 11 is 0. The number of ether oxygens (including phenoxy) is 1. The number of halogens is 1. The molecule has 3 aromatic rings. The molecule has 0 saturated carbocycles. The van der Waals surface area contributed by atoms with E-state index in [1.54, 1.807) is 24.3 Å². The van der Waals surface area contributed by atoms with Gasteiger partial charge in [0.2, 0.25) is 5.91 Å². The van der Waals surface area contributed by atoms with Crippen molar-refractivity contribution in [3.63, 3.8) is 0 Å². The summed E-state index contributed by atoms with van der Waals surface area (Å²) in [7, 11) is 0. The van der Waals surface area contributed by atoms with Crippen LogP contribution in [0.1, 0.15) is 46.4 Å². The number of amides is 3. The maximum Gasteiger partial charge on any atom is 0.261 e. The highest BCUT2D eigenvalue weighted by Gasteiger charge is 2.32. The molecule has 7 heteroatoms. The Morgan fingerprint density at radius 1 is 0.879 bits per heavy atom. The van der Waals surface area contributed by atoms with Crippen LogP contribution in [-0.4, -0.2) is 42.3 Å². The van der Waals surface area contributed by atoms with Crippen LogP contribution in [0.25, 0.3) is 10.8 Å². The van der Waals surface area contributed by atoms with Crippen LogP contribution in [0.5, 0.6) is 5.75 Å².